The average Bonchev–Trinajstić information content (AvgIpc) is 2.78. The number of nitrogens with two attached hydrogens (primary N) is 1. The van der Waals surface area contributed by atoms with E-state index in [1.807, 2.05) is 11.6 Å². The van der Waals surface area contributed by atoms with Crippen molar-refractivity contribution in [1.82, 2.24) is 24.7 Å². The highest BCUT2D eigenvalue weighted by atomic mass is 15.3. The van der Waals surface area contributed by atoms with Gasteiger partial charge in [0.25, 0.3) is 0 Å². The van der Waals surface area contributed by atoms with Crippen molar-refractivity contribution in [2.75, 3.05) is 0 Å². The molecule has 0 aliphatic rings. The van der Waals surface area contributed by atoms with E-state index in [0.29, 0.717) is 12.2 Å². The third kappa shape index (κ3) is 2.70. The summed E-state index contributed by atoms with van der Waals surface area (Å²) in [5, 5.41) is 4.19. The summed E-state index contributed by atoms with van der Waals surface area (Å²) in [6.07, 6.45) is 5.68. The van der Waals surface area contributed by atoms with Crippen LogP contribution in [-0.4, -0.2) is 24.7 Å². The van der Waals surface area contributed by atoms with Crippen LogP contribution in [0.4, 0.5) is 0 Å². The molecule has 2 aromatic rings. The number of nitrogens with zero attached hydrogens (tertiary/aromatic N) is 5. The Morgan fingerprint density at radius 1 is 1.22 bits per heavy atom. The molecule has 0 aromatic carbocycles. The second kappa shape index (κ2) is 5.22. The predicted molar refractivity (Wildman–Crippen MR) is 67.8 cm³/mol. The van der Waals surface area contributed by atoms with Gasteiger partial charge in [0.1, 0.15) is 18.0 Å². The summed E-state index contributed by atoms with van der Waals surface area (Å²) in [6, 6.07) is 0.0148. The normalized spacial score (nSPS) is 12.9. The molecule has 0 fully saturated rings. The molecule has 2 aromatic heterocycles. The molecule has 6 heteroatoms. The largest absolute Gasteiger partial charge is 0.321 e. The van der Waals surface area contributed by atoms with Gasteiger partial charge in [-0.2, -0.15) is 5.10 Å². The molecule has 0 radical (unpaired) electrons. The van der Waals surface area contributed by atoms with Gasteiger partial charge in [0, 0.05) is 24.9 Å². The molecule has 6 nitrogen and oxygen atoms in total. The summed E-state index contributed by atoms with van der Waals surface area (Å²) in [5.74, 6) is 1.50. The SMILES string of the molecule is Cc1cnc(C(N)Cc2ncnn2C(C)C)nc1. The number of aryl methyl sites for hydroxylation is 1. The van der Waals surface area contributed by atoms with E-state index in [-0.39, 0.29) is 12.1 Å². The Bertz CT molecular complexity index is 502. The minimum atomic E-state index is -0.257. The lowest BCUT2D eigenvalue weighted by Crippen LogP contribution is -2.20. The molecule has 96 valence electrons. The third-order valence-electron chi connectivity index (χ3n) is 2.67. The van der Waals surface area contributed by atoms with E-state index < -0.39 is 0 Å². The molecule has 1 atom stereocenters. The minimum Gasteiger partial charge on any atom is -0.321 e. The number of rotatable bonds is 4. The van der Waals surface area contributed by atoms with Crippen LogP contribution in [0.25, 0.3) is 0 Å². The van der Waals surface area contributed by atoms with E-state index in [9.17, 15) is 0 Å². The summed E-state index contributed by atoms with van der Waals surface area (Å²) in [4.78, 5) is 12.7. The van der Waals surface area contributed by atoms with Crippen molar-refractivity contribution in [3.63, 3.8) is 0 Å². The summed E-state index contributed by atoms with van der Waals surface area (Å²) in [6.45, 7) is 6.07. The van der Waals surface area contributed by atoms with Crippen LogP contribution in [0.5, 0.6) is 0 Å². The molecule has 0 bridgehead atoms. The molecule has 0 aliphatic heterocycles. The molecular weight excluding hydrogens is 228 g/mol. The molecular formula is C12H18N6. The van der Waals surface area contributed by atoms with Crippen molar-refractivity contribution >= 4 is 0 Å². The molecule has 0 saturated carbocycles. The van der Waals surface area contributed by atoms with Gasteiger partial charge in [-0.25, -0.2) is 19.6 Å². The zero-order valence-electron chi connectivity index (χ0n) is 10.9. The summed E-state index contributed by atoms with van der Waals surface area (Å²) in [7, 11) is 0. The summed E-state index contributed by atoms with van der Waals surface area (Å²) < 4.78 is 1.87. The molecule has 0 aliphatic carbocycles. The van der Waals surface area contributed by atoms with Crippen LogP contribution in [0.3, 0.4) is 0 Å². The van der Waals surface area contributed by atoms with Crippen LogP contribution in [0.1, 0.15) is 43.1 Å². The van der Waals surface area contributed by atoms with Crippen molar-refractivity contribution in [2.24, 2.45) is 5.73 Å². The van der Waals surface area contributed by atoms with E-state index in [1.165, 1.54) is 0 Å². The Labute approximate surface area is 106 Å². The molecule has 0 amide bonds. The first-order valence-corrected chi connectivity index (χ1v) is 6.00. The Hall–Kier alpha value is -1.82. The lowest BCUT2D eigenvalue weighted by atomic mass is 10.2. The first kappa shape index (κ1) is 12.6. The molecule has 0 saturated heterocycles. The van der Waals surface area contributed by atoms with Gasteiger partial charge in [-0.1, -0.05) is 0 Å². The van der Waals surface area contributed by atoms with Gasteiger partial charge in [-0.15, -0.1) is 0 Å². The summed E-state index contributed by atoms with van der Waals surface area (Å²) in [5.41, 5.74) is 7.12. The Kier molecular flexibility index (Phi) is 3.66. The van der Waals surface area contributed by atoms with E-state index in [2.05, 4.69) is 33.9 Å². The predicted octanol–water partition coefficient (Wildman–Crippen LogP) is 1.20. The second-order valence-corrected chi connectivity index (χ2v) is 4.64. The van der Waals surface area contributed by atoms with Crippen molar-refractivity contribution in [3.8, 4) is 0 Å². The highest BCUT2D eigenvalue weighted by Gasteiger charge is 2.15. The maximum absolute atomic E-state index is 6.10. The van der Waals surface area contributed by atoms with E-state index in [1.54, 1.807) is 18.7 Å². The van der Waals surface area contributed by atoms with Crippen LogP contribution in [0, 0.1) is 6.92 Å². The standard InChI is InChI=1S/C12H18N6/c1-8(2)18-11(16-7-17-18)4-10(13)12-14-5-9(3)6-15-12/h5-8,10H,4,13H2,1-3H3. The van der Waals surface area contributed by atoms with Gasteiger partial charge in [0.2, 0.25) is 0 Å². The Balaban J connectivity index is 2.13. The van der Waals surface area contributed by atoms with Gasteiger partial charge < -0.3 is 5.73 Å². The van der Waals surface area contributed by atoms with Gasteiger partial charge in [-0.3, -0.25) is 0 Å². The zero-order chi connectivity index (χ0) is 13.1. The average molecular weight is 246 g/mol. The quantitative estimate of drug-likeness (QED) is 0.876. The minimum absolute atomic E-state index is 0.257. The molecule has 2 heterocycles. The van der Waals surface area contributed by atoms with Crippen molar-refractivity contribution in [2.45, 2.75) is 39.3 Å². The highest BCUT2D eigenvalue weighted by Crippen LogP contribution is 2.13. The Morgan fingerprint density at radius 2 is 1.89 bits per heavy atom. The lowest BCUT2D eigenvalue weighted by Gasteiger charge is -2.13. The van der Waals surface area contributed by atoms with Crippen molar-refractivity contribution in [3.05, 3.63) is 35.9 Å². The number of hydrogen-bond donors (Lipinski definition) is 1. The fourth-order valence-corrected chi connectivity index (χ4v) is 1.73. The maximum Gasteiger partial charge on any atom is 0.145 e. The second-order valence-electron chi connectivity index (χ2n) is 4.64. The van der Waals surface area contributed by atoms with Crippen LogP contribution < -0.4 is 5.73 Å². The molecule has 18 heavy (non-hydrogen) atoms. The van der Waals surface area contributed by atoms with E-state index >= 15 is 0 Å². The van der Waals surface area contributed by atoms with Crippen LogP contribution >= 0.6 is 0 Å². The van der Waals surface area contributed by atoms with Crippen LogP contribution in [-0.2, 0) is 6.42 Å². The smallest absolute Gasteiger partial charge is 0.145 e. The fourth-order valence-electron chi connectivity index (χ4n) is 1.73. The zero-order valence-corrected chi connectivity index (χ0v) is 10.9. The number of hydrogen-bond acceptors (Lipinski definition) is 5. The summed E-state index contributed by atoms with van der Waals surface area (Å²) >= 11 is 0. The maximum atomic E-state index is 6.10. The van der Waals surface area contributed by atoms with E-state index in [0.717, 1.165) is 11.4 Å². The van der Waals surface area contributed by atoms with Crippen molar-refractivity contribution < 1.29 is 0 Å². The van der Waals surface area contributed by atoms with Gasteiger partial charge in [-0.05, 0) is 26.3 Å². The molecule has 2 N–H and O–H groups in total. The third-order valence-corrected chi connectivity index (χ3v) is 2.67. The topological polar surface area (TPSA) is 82.5 Å². The fraction of sp³-hybridized carbons (Fsp3) is 0.500. The molecule has 2 rings (SSSR count). The van der Waals surface area contributed by atoms with E-state index in [4.69, 9.17) is 5.73 Å². The van der Waals surface area contributed by atoms with Crippen LogP contribution in [0.15, 0.2) is 18.7 Å². The molecule has 0 spiro atoms. The first-order chi connectivity index (χ1) is 8.58. The van der Waals surface area contributed by atoms with Gasteiger partial charge >= 0.3 is 0 Å². The van der Waals surface area contributed by atoms with Crippen molar-refractivity contribution in [1.29, 1.82) is 0 Å². The lowest BCUT2D eigenvalue weighted by molar-refractivity contribution is 0.489. The van der Waals surface area contributed by atoms with Crippen LogP contribution in [0.2, 0.25) is 0 Å². The monoisotopic (exact) mass is 246 g/mol. The Morgan fingerprint density at radius 3 is 2.50 bits per heavy atom. The molecule has 1 unspecified atom stereocenters. The van der Waals surface area contributed by atoms with Gasteiger partial charge in [0.05, 0.1) is 6.04 Å². The first-order valence-electron chi connectivity index (χ1n) is 6.00. The number of aromatic nitrogens is 5. The highest BCUT2D eigenvalue weighted by molar-refractivity contribution is 5.06. The van der Waals surface area contributed by atoms with Gasteiger partial charge in [0.15, 0.2) is 0 Å².